The second-order valence-electron chi connectivity index (χ2n) is 2.97. The van der Waals surface area contributed by atoms with Crippen molar-refractivity contribution in [1.82, 2.24) is 20.2 Å². The predicted molar refractivity (Wildman–Crippen MR) is 55.9 cm³/mol. The summed E-state index contributed by atoms with van der Waals surface area (Å²) in [4.78, 5) is 20.2. The van der Waals surface area contributed by atoms with Crippen LogP contribution in [0.4, 0.5) is 5.95 Å². The van der Waals surface area contributed by atoms with Gasteiger partial charge in [-0.3, -0.25) is 15.2 Å². The van der Waals surface area contributed by atoms with Gasteiger partial charge in [-0.25, -0.2) is 4.98 Å². The van der Waals surface area contributed by atoms with Crippen molar-refractivity contribution in [2.45, 2.75) is 13.8 Å². The zero-order valence-corrected chi connectivity index (χ0v) is 9.05. The van der Waals surface area contributed by atoms with Gasteiger partial charge in [0.15, 0.2) is 0 Å². The number of aromatic nitrogens is 4. The number of thiazole rings is 1. The molecule has 0 unspecified atom stereocenters. The Morgan fingerprint density at radius 1 is 1.53 bits per heavy atom. The first-order valence-corrected chi connectivity index (χ1v) is 5.15. The molecular weight excluding hydrogens is 214 g/mol. The maximum atomic E-state index is 11.7. The van der Waals surface area contributed by atoms with Crippen LogP contribution < -0.4 is 5.32 Å². The predicted octanol–water partition coefficient (Wildman–Crippen LogP) is 1.13. The van der Waals surface area contributed by atoms with E-state index in [9.17, 15) is 4.79 Å². The molecule has 2 heterocycles. The minimum Gasteiger partial charge on any atom is -0.288 e. The van der Waals surface area contributed by atoms with Gasteiger partial charge in [-0.15, -0.1) is 16.4 Å². The number of carbonyl (C=O) groups excluding carboxylic acids is 1. The standard InChI is InChI=1S/C8H9N5OS/c1-4-6(15-3-9-4)7(14)11-8-10-5(2)12-13-8/h3H,1-2H3,(H2,10,11,12,13,14). The fourth-order valence-corrected chi connectivity index (χ4v) is 1.77. The molecule has 0 saturated carbocycles. The number of amides is 1. The minimum atomic E-state index is -0.228. The van der Waals surface area contributed by atoms with Gasteiger partial charge in [0.05, 0.1) is 11.2 Å². The van der Waals surface area contributed by atoms with E-state index in [1.165, 1.54) is 11.3 Å². The average molecular weight is 223 g/mol. The van der Waals surface area contributed by atoms with Crippen LogP contribution in [0.3, 0.4) is 0 Å². The first-order chi connectivity index (χ1) is 7.16. The third-order valence-electron chi connectivity index (χ3n) is 1.77. The van der Waals surface area contributed by atoms with E-state index in [1.54, 1.807) is 19.4 Å². The Morgan fingerprint density at radius 3 is 2.87 bits per heavy atom. The molecule has 0 radical (unpaired) electrons. The van der Waals surface area contributed by atoms with Crippen molar-refractivity contribution in [3.8, 4) is 0 Å². The highest BCUT2D eigenvalue weighted by Gasteiger charge is 2.13. The molecule has 0 aromatic carbocycles. The molecule has 78 valence electrons. The number of nitrogens with zero attached hydrogens (tertiary/aromatic N) is 3. The van der Waals surface area contributed by atoms with Crippen molar-refractivity contribution in [2.24, 2.45) is 0 Å². The van der Waals surface area contributed by atoms with E-state index in [-0.39, 0.29) is 11.9 Å². The summed E-state index contributed by atoms with van der Waals surface area (Å²) in [7, 11) is 0. The number of nitrogens with one attached hydrogen (secondary N) is 2. The molecule has 0 atom stereocenters. The molecule has 0 spiro atoms. The van der Waals surface area contributed by atoms with Gasteiger partial charge in [-0.1, -0.05) is 0 Å². The van der Waals surface area contributed by atoms with E-state index in [2.05, 4.69) is 25.5 Å². The van der Waals surface area contributed by atoms with Crippen molar-refractivity contribution >= 4 is 23.2 Å². The molecule has 7 heteroatoms. The van der Waals surface area contributed by atoms with Gasteiger partial charge in [0, 0.05) is 0 Å². The molecular formula is C8H9N5OS. The number of anilines is 1. The van der Waals surface area contributed by atoms with Gasteiger partial charge in [0.25, 0.3) is 5.91 Å². The Kier molecular flexibility index (Phi) is 2.46. The Bertz CT molecular complexity index is 489. The van der Waals surface area contributed by atoms with Gasteiger partial charge < -0.3 is 0 Å². The van der Waals surface area contributed by atoms with E-state index >= 15 is 0 Å². The third kappa shape index (κ3) is 2.01. The quantitative estimate of drug-likeness (QED) is 0.799. The lowest BCUT2D eigenvalue weighted by molar-refractivity contribution is 0.102. The van der Waals surface area contributed by atoms with Crippen molar-refractivity contribution in [2.75, 3.05) is 5.32 Å². The molecule has 2 rings (SSSR count). The number of H-pyrrole nitrogens is 1. The van der Waals surface area contributed by atoms with Gasteiger partial charge in [0.2, 0.25) is 5.95 Å². The lowest BCUT2D eigenvalue weighted by Gasteiger charge is -1.97. The summed E-state index contributed by atoms with van der Waals surface area (Å²) < 4.78 is 0. The smallest absolute Gasteiger partial charge is 0.270 e. The summed E-state index contributed by atoms with van der Waals surface area (Å²) in [5, 5.41) is 9.04. The monoisotopic (exact) mass is 223 g/mol. The number of carbonyl (C=O) groups is 1. The maximum absolute atomic E-state index is 11.7. The van der Waals surface area contributed by atoms with Gasteiger partial charge in [-0.05, 0) is 13.8 Å². The van der Waals surface area contributed by atoms with E-state index in [0.717, 1.165) is 0 Å². The summed E-state index contributed by atoms with van der Waals surface area (Å²) in [6.07, 6.45) is 0. The highest BCUT2D eigenvalue weighted by molar-refractivity contribution is 7.12. The van der Waals surface area contributed by atoms with Crippen molar-refractivity contribution in [3.05, 3.63) is 21.9 Å². The van der Waals surface area contributed by atoms with Crippen molar-refractivity contribution in [3.63, 3.8) is 0 Å². The van der Waals surface area contributed by atoms with Gasteiger partial charge in [0.1, 0.15) is 10.7 Å². The number of aryl methyl sites for hydroxylation is 2. The van der Waals surface area contributed by atoms with Crippen molar-refractivity contribution < 1.29 is 4.79 Å². The summed E-state index contributed by atoms with van der Waals surface area (Å²) in [5.74, 6) is 0.714. The fourth-order valence-electron chi connectivity index (χ4n) is 1.08. The first kappa shape index (κ1) is 9.78. The van der Waals surface area contributed by atoms with Crippen LogP contribution in [0.5, 0.6) is 0 Å². The topological polar surface area (TPSA) is 83.6 Å². The van der Waals surface area contributed by atoms with Crippen LogP contribution >= 0.6 is 11.3 Å². The molecule has 0 aliphatic rings. The molecule has 15 heavy (non-hydrogen) atoms. The highest BCUT2D eigenvalue weighted by Crippen LogP contribution is 2.13. The van der Waals surface area contributed by atoms with E-state index in [1.807, 2.05) is 0 Å². The van der Waals surface area contributed by atoms with Crippen molar-refractivity contribution in [1.29, 1.82) is 0 Å². The van der Waals surface area contributed by atoms with Crippen LogP contribution in [-0.4, -0.2) is 26.1 Å². The Morgan fingerprint density at radius 2 is 2.33 bits per heavy atom. The van der Waals surface area contributed by atoms with Gasteiger partial charge in [-0.2, -0.15) is 4.98 Å². The van der Waals surface area contributed by atoms with Crippen LogP contribution in [-0.2, 0) is 0 Å². The summed E-state index contributed by atoms with van der Waals surface area (Å²) >= 11 is 1.29. The summed E-state index contributed by atoms with van der Waals surface area (Å²) in [6.45, 7) is 3.55. The molecule has 1 amide bonds. The number of rotatable bonds is 2. The zero-order chi connectivity index (χ0) is 10.8. The number of aromatic amines is 1. The second-order valence-corrected chi connectivity index (χ2v) is 3.82. The Labute approximate surface area is 89.8 Å². The molecule has 2 aromatic heterocycles. The van der Waals surface area contributed by atoms with Gasteiger partial charge >= 0.3 is 0 Å². The number of hydrogen-bond acceptors (Lipinski definition) is 5. The van der Waals surface area contributed by atoms with Crippen LogP contribution in [0.15, 0.2) is 5.51 Å². The van der Waals surface area contributed by atoms with Crippen LogP contribution in [0, 0.1) is 13.8 Å². The van der Waals surface area contributed by atoms with E-state index in [4.69, 9.17) is 0 Å². The lowest BCUT2D eigenvalue weighted by atomic mass is 10.4. The third-order valence-corrected chi connectivity index (χ3v) is 2.70. The summed E-state index contributed by atoms with van der Waals surface area (Å²) in [6, 6.07) is 0. The Hall–Kier alpha value is -1.76. The molecule has 0 bridgehead atoms. The van der Waals surface area contributed by atoms with E-state index < -0.39 is 0 Å². The van der Waals surface area contributed by atoms with E-state index in [0.29, 0.717) is 16.4 Å². The second kappa shape index (κ2) is 3.77. The minimum absolute atomic E-state index is 0.228. The summed E-state index contributed by atoms with van der Waals surface area (Å²) in [5.41, 5.74) is 2.35. The normalized spacial score (nSPS) is 10.3. The largest absolute Gasteiger partial charge is 0.288 e. The lowest BCUT2D eigenvalue weighted by Crippen LogP contribution is -2.12. The SMILES string of the molecule is Cc1nc(NC(=O)c2scnc2C)n[nH]1. The maximum Gasteiger partial charge on any atom is 0.270 e. The highest BCUT2D eigenvalue weighted by atomic mass is 32.1. The van der Waals surface area contributed by atoms with Crippen LogP contribution in [0.2, 0.25) is 0 Å². The zero-order valence-electron chi connectivity index (χ0n) is 8.24. The van der Waals surface area contributed by atoms with Crippen LogP contribution in [0.1, 0.15) is 21.2 Å². The average Bonchev–Trinajstić information content (AvgIpc) is 2.75. The molecule has 0 saturated heterocycles. The molecule has 0 aliphatic carbocycles. The Balaban J connectivity index is 2.14. The molecule has 0 fully saturated rings. The molecule has 2 N–H and O–H groups in total. The molecule has 2 aromatic rings. The number of hydrogen-bond donors (Lipinski definition) is 2. The first-order valence-electron chi connectivity index (χ1n) is 4.27. The van der Waals surface area contributed by atoms with Crippen LogP contribution in [0.25, 0.3) is 0 Å². The fraction of sp³-hybridized carbons (Fsp3) is 0.250. The molecule has 0 aliphatic heterocycles. The molecule has 6 nitrogen and oxygen atoms in total.